The van der Waals surface area contributed by atoms with Crippen molar-refractivity contribution in [3.05, 3.63) is 40.8 Å². The molecule has 2 N–H and O–H groups in total. The van der Waals surface area contributed by atoms with Crippen LogP contribution in [0.4, 0.5) is 14.5 Å². The predicted molar refractivity (Wildman–Crippen MR) is 70.1 cm³/mol. The topological polar surface area (TPSA) is 74.8 Å². The highest BCUT2D eigenvalue weighted by atomic mass is 35.5. The fourth-order valence-electron chi connectivity index (χ4n) is 1.49. The highest BCUT2D eigenvalue weighted by Gasteiger charge is 2.21. The molecule has 108 valence electrons. The molecule has 0 aliphatic heterocycles. The molecular formula is C11H10ClF2N3O2S. The number of hydrogen-bond acceptors (Lipinski definition) is 3. The zero-order chi connectivity index (χ0) is 14.9. The lowest BCUT2D eigenvalue weighted by molar-refractivity contribution is 0.582. The number of aryl methyl sites for hydroxylation is 1. The minimum atomic E-state index is -4.08. The summed E-state index contributed by atoms with van der Waals surface area (Å²) < 4.78 is 52.4. The maximum atomic E-state index is 13.6. The molecule has 1 heterocycles. The summed E-state index contributed by atoms with van der Waals surface area (Å²) in [4.78, 5) is 6.41. The fraction of sp³-hybridized carbons (Fsp3) is 0.182. The van der Waals surface area contributed by atoms with Crippen molar-refractivity contribution in [2.24, 2.45) is 0 Å². The van der Waals surface area contributed by atoms with Gasteiger partial charge in [-0.15, -0.1) is 0 Å². The number of H-pyrrole nitrogens is 1. The summed E-state index contributed by atoms with van der Waals surface area (Å²) in [6.45, 7) is 1.79. The number of aromatic nitrogens is 2. The van der Waals surface area contributed by atoms with Gasteiger partial charge in [-0.3, -0.25) is 4.72 Å². The van der Waals surface area contributed by atoms with E-state index < -0.39 is 27.3 Å². The van der Waals surface area contributed by atoms with E-state index in [1.807, 2.05) is 4.72 Å². The van der Waals surface area contributed by atoms with E-state index in [1.165, 1.54) is 0 Å². The first kappa shape index (κ1) is 14.7. The number of sulfonamides is 1. The van der Waals surface area contributed by atoms with Crippen LogP contribution in [0, 0.1) is 11.6 Å². The van der Waals surface area contributed by atoms with Crippen LogP contribution in [0.25, 0.3) is 0 Å². The number of nitrogens with one attached hydrogen (secondary N) is 2. The second kappa shape index (κ2) is 5.37. The third-order valence-corrected chi connectivity index (χ3v) is 4.03. The van der Waals surface area contributed by atoms with Gasteiger partial charge in [-0.05, 0) is 6.07 Å². The van der Waals surface area contributed by atoms with Crippen molar-refractivity contribution in [3.63, 3.8) is 0 Å². The highest BCUT2D eigenvalue weighted by molar-refractivity contribution is 7.92. The summed E-state index contributed by atoms with van der Waals surface area (Å²) in [6.07, 6.45) is 1.62. The van der Waals surface area contributed by atoms with Crippen LogP contribution in [0.3, 0.4) is 0 Å². The van der Waals surface area contributed by atoms with Crippen molar-refractivity contribution in [2.45, 2.75) is 18.4 Å². The van der Waals surface area contributed by atoms with Crippen molar-refractivity contribution >= 4 is 27.3 Å². The van der Waals surface area contributed by atoms with Gasteiger partial charge in [-0.2, -0.15) is 8.42 Å². The molecule has 0 bridgehead atoms. The molecule has 0 atom stereocenters. The average Bonchev–Trinajstić information content (AvgIpc) is 2.83. The van der Waals surface area contributed by atoms with Crippen LogP contribution in [0.1, 0.15) is 12.7 Å². The van der Waals surface area contributed by atoms with Gasteiger partial charge in [-0.1, -0.05) is 18.5 Å². The van der Waals surface area contributed by atoms with Gasteiger partial charge in [0.2, 0.25) is 0 Å². The molecule has 0 saturated heterocycles. The second-order valence-electron chi connectivity index (χ2n) is 3.90. The molecule has 2 rings (SSSR count). The molecule has 0 fully saturated rings. The predicted octanol–water partition coefficient (Wildman–Crippen LogP) is 2.70. The molecule has 1 aromatic heterocycles. The highest BCUT2D eigenvalue weighted by Crippen LogP contribution is 2.28. The van der Waals surface area contributed by atoms with Gasteiger partial charge in [0.1, 0.15) is 17.3 Å². The summed E-state index contributed by atoms with van der Waals surface area (Å²) in [5.74, 6) is -1.53. The molecule has 2 aromatic rings. The summed E-state index contributed by atoms with van der Waals surface area (Å²) in [7, 11) is -4.08. The van der Waals surface area contributed by atoms with Crippen molar-refractivity contribution < 1.29 is 17.2 Å². The van der Waals surface area contributed by atoms with Gasteiger partial charge in [0.15, 0.2) is 10.8 Å². The Bertz CT molecular complexity index is 723. The maximum Gasteiger partial charge on any atom is 0.279 e. The lowest BCUT2D eigenvalue weighted by Gasteiger charge is -2.09. The number of anilines is 1. The van der Waals surface area contributed by atoms with Crippen LogP contribution in [-0.4, -0.2) is 18.4 Å². The summed E-state index contributed by atoms with van der Waals surface area (Å²) in [5, 5.41) is -0.601. The van der Waals surface area contributed by atoms with Gasteiger partial charge in [0.05, 0.1) is 11.2 Å². The molecule has 9 heteroatoms. The number of nitrogens with zero attached hydrogens (tertiary/aromatic N) is 1. The summed E-state index contributed by atoms with van der Waals surface area (Å²) in [5.41, 5.74) is -0.513. The molecule has 0 unspecified atom stereocenters. The van der Waals surface area contributed by atoms with E-state index >= 15 is 0 Å². The number of imidazole rings is 1. The molecule has 0 aliphatic rings. The van der Waals surface area contributed by atoms with Crippen LogP contribution in [0.5, 0.6) is 0 Å². The summed E-state index contributed by atoms with van der Waals surface area (Å²) >= 11 is 5.63. The van der Waals surface area contributed by atoms with Gasteiger partial charge >= 0.3 is 0 Å². The second-order valence-corrected chi connectivity index (χ2v) is 5.96. The number of rotatable bonds is 4. The number of aromatic amines is 1. The minimum absolute atomic E-state index is 0.228. The Morgan fingerprint density at radius 2 is 2.10 bits per heavy atom. The monoisotopic (exact) mass is 321 g/mol. The van der Waals surface area contributed by atoms with E-state index in [-0.39, 0.29) is 10.0 Å². The van der Waals surface area contributed by atoms with Crippen LogP contribution in [-0.2, 0) is 16.4 Å². The first-order chi connectivity index (χ1) is 9.33. The standard InChI is InChI=1S/C11H10ClF2N3O2S/c1-2-9-15-5-10(16-9)20(18,19)17-11-7(12)3-6(13)4-8(11)14/h3-5,17H,2H2,1H3,(H,15,16). The average molecular weight is 322 g/mol. The van der Waals surface area contributed by atoms with Crippen molar-refractivity contribution in [1.82, 2.24) is 9.97 Å². The van der Waals surface area contributed by atoms with Crippen molar-refractivity contribution in [1.29, 1.82) is 0 Å². The Hall–Kier alpha value is -1.67. The van der Waals surface area contributed by atoms with E-state index in [4.69, 9.17) is 11.6 Å². The zero-order valence-corrected chi connectivity index (χ0v) is 11.8. The van der Waals surface area contributed by atoms with Crippen molar-refractivity contribution in [3.8, 4) is 0 Å². The Morgan fingerprint density at radius 1 is 1.40 bits per heavy atom. The fourth-order valence-corrected chi connectivity index (χ4v) is 2.82. The third kappa shape index (κ3) is 2.91. The smallest absolute Gasteiger partial charge is 0.279 e. The van der Waals surface area contributed by atoms with Gasteiger partial charge in [0, 0.05) is 12.5 Å². The van der Waals surface area contributed by atoms with E-state index in [1.54, 1.807) is 6.92 Å². The Labute approximate surface area is 119 Å². The van der Waals surface area contributed by atoms with Crippen LogP contribution < -0.4 is 4.72 Å². The zero-order valence-electron chi connectivity index (χ0n) is 10.2. The minimum Gasteiger partial charge on any atom is -0.332 e. The number of halogens is 3. The van der Waals surface area contributed by atoms with E-state index in [9.17, 15) is 17.2 Å². The molecule has 0 saturated carbocycles. The van der Waals surface area contributed by atoms with Crippen LogP contribution in [0.15, 0.2) is 23.4 Å². The molecule has 20 heavy (non-hydrogen) atoms. The first-order valence-electron chi connectivity index (χ1n) is 5.54. The van der Waals surface area contributed by atoms with Gasteiger partial charge < -0.3 is 4.98 Å². The molecule has 0 radical (unpaired) electrons. The number of benzene rings is 1. The molecule has 0 spiro atoms. The van der Waals surface area contributed by atoms with Crippen LogP contribution in [0.2, 0.25) is 5.02 Å². The summed E-state index contributed by atoms with van der Waals surface area (Å²) in [6, 6.07) is 1.35. The molecule has 0 amide bonds. The Balaban J connectivity index is 2.38. The third-order valence-electron chi connectivity index (χ3n) is 2.47. The molecule has 5 nitrogen and oxygen atoms in total. The Morgan fingerprint density at radius 3 is 2.65 bits per heavy atom. The SMILES string of the molecule is CCc1ncc(S(=O)(=O)Nc2c(F)cc(F)cc2Cl)[nH]1. The quantitative estimate of drug-likeness (QED) is 0.909. The number of hydrogen-bond donors (Lipinski definition) is 2. The normalized spacial score (nSPS) is 11.6. The van der Waals surface area contributed by atoms with E-state index in [0.29, 0.717) is 18.3 Å². The van der Waals surface area contributed by atoms with Gasteiger partial charge in [-0.25, -0.2) is 13.8 Å². The van der Waals surface area contributed by atoms with E-state index in [0.717, 1.165) is 12.3 Å². The van der Waals surface area contributed by atoms with Gasteiger partial charge in [0.25, 0.3) is 10.0 Å². The lowest BCUT2D eigenvalue weighted by Crippen LogP contribution is -2.15. The molecule has 1 aromatic carbocycles. The lowest BCUT2D eigenvalue weighted by atomic mass is 10.3. The molecule has 0 aliphatic carbocycles. The Kier molecular flexibility index (Phi) is 3.96. The largest absolute Gasteiger partial charge is 0.332 e. The van der Waals surface area contributed by atoms with Crippen LogP contribution >= 0.6 is 11.6 Å². The molecular weight excluding hydrogens is 312 g/mol. The first-order valence-corrected chi connectivity index (χ1v) is 7.41. The van der Waals surface area contributed by atoms with Crippen molar-refractivity contribution in [2.75, 3.05) is 4.72 Å². The van der Waals surface area contributed by atoms with E-state index in [2.05, 4.69) is 9.97 Å². The maximum absolute atomic E-state index is 13.6.